The van der Waals surface area contributed by atoms with Gasteiger partial charge in [0.2, 0.25) is 0 Å². The molecule has 2 aliphatic heterocycles. The first-order chi connectivity index (χ1) is 9.60. The van der Waals surface area contributed by atoms with Crippen LogP contribution in [0.25, 0.3) is 0 Å². The van der Waals surface area contributed by atoms with Gasteiger partial charge in [0.1, 0.15) is 5.02 Å². The third-order valence-corrected chi connectivity index (χ3v) is 4.53. The van der Waals surface area contributed by atoms with Crippen molar-refractivity contribution in [3.05, 3.63) is 33.2 Å². The summed E-state index contributed by atoms with van der Waals surface area (Å²) in [5.74, 6) is -0.0870. The third kappa shape index (κ3) is 2.47. The second kappa shape index (κ2) is 5.22. The van der Waals surface area contributed by atoms with Gasteiger partial charge < -0.3 is 14.6 Å². The molecule has 0 atom stereocenters. The van der Waals surface area contributed by atoms with Crippen molar-refractivity contribution >= 4 is 17.5 Å². The fourth-order valence-corrected chi connectivity index (χ4v) is 3.20. The van der Waals surface area contributed by atoms with Gasteiger partial charge in [-0.05, 0) is 31.7 Å². The number of carbonyl (C=O) groups excluding carboxylic acids is 1. The largest absolute Gasteiger partial charge is 0.375 e. The van der Waals surface area contributed by atoms with Crippen LogP contribution in [0.4, 0.5) is 0 Å². The lowest BCUT2D eigenvalue weighted by molar-refractivity contribution is -0.0387. The normalized spacial score (nSPS) is 21.4. The molecule has 20 heavy (non-hydrogen) atoms. The van der Waals surface area contributed by atoms with Gasteiger partial charge in [-0.25, -0.2) is 0 Å². The first-order valence-electron chi connectivity index (χ1n) is 6.91. The van der Waals surface area contributed by atoms with E-state index in [9.17, 15) is 9.59 Å². The van der Waals surface area contributed by atoms with E-state index in [1.165, 1.54) is 12.3 Å². The molecule has 2 saturated heterocycles. The Hall–Kier alpha value is -1.33. The van der Waals surface area contributed by atoms with Gasteiger partial charge in [0.05, 0.1) is 11.2 Å². The van der Waals surface area contributed by atoms with Gasteiger partial charge in [0.25, 0.3) is 11.5 Å². The average molecular weight is 297 g/mol. The number of nitrogens with zero attached hydrogens (tertiary/aromatic N) is 1. The summed E-state index contributed by atoms with van der Waals surface area (Å²) in [5.41, 5.74) is 0.0532. The standard InChI is InChI=1S/C14H17ClN2O3/c15-11-8-10(9-16-12(11)18)13(19)17-5-3-14(4-6-17)2-1-7-20-14/h8-9H,1-7H2,(H,16,18). The van der Waals surface area contributed by atoms with Gasteiger partial charge in [-0.2, -0.15) is 0 Å². The van der Waals surface area contributed by atoms with E-state index in [0.29, 0.717) is 18.7 Å². The van der Waals surface area contributed by atoms with Crippen LogP contribution in [0.3, 0.4) is 0 Å². The Bertz CT molecular complexity index is 568. The zero-order valence-electron chi connectivity index (χ0n) is 11.2. The van der Waals surface area contributed by atoms with Crippen LogP contribution in [0.5, 0.6) is 0 Å². The first kappa shape index (κ1) is 13.6. The van der Waals surface area contributed by atoms with Crippen molar-refractivity contribution in [1.29, 1.82) is 0 Å². The van der Waals surface area contributed by atoms with E-state index in [2.05, 4.69) is 4.98 Å². The number of likely N-dealkylation sites (tertiary alicyclic amines) is 1. The number of rotatable bonds is 1. The molecule has 0 aromatic carbocycles. The molecule has 1 aromatic heterocycles. The topological polar surface area (TPSA) is 62.4 Å². The highest BCUT2D eigenvalue weighted by molar-refractivity contribution is 6.30. The number of pyridine rings is 1. The predicted molar refractivity (Wildman–Crippen MR) is 75.1 cm³/mol. The Morgan fingerprint density at radius 1 is 1.35 bits per heavy atom. The summed E-state index contributed by atoms with van der Waals surface area (Å²) in [6, 6.07) is 1.43. The summed E-state index contributed by atoms with van der Waals surface area (Å²) in [7, 11) is 0. The van der Waals surface area contributed by atoms with Gasteiger partial charge in [-0.3, -0.25) is 9.59 Å². The summed E-state index contributed by atoms with van der Waals surface area (Å²) in [6.07, 6.45) is 5.40. The van der Waals surface area contributed by atoms with Crippen molar-refractivity contribution in [1.82, 2.24) is 9.88 Å². The number of aromatic amines is 1. The number of piperidine rings is 1. The summed E-state index contributed by atoms with van der Waals surface area (Å²) in [4.78, 5) is 27.9. The van der Waals surface area contributed by atoms with Crippen LogP contribution >= 0.6 is 11.6 Å². The van der Waals surface area contributed by atoms with E-state index in [4.69, 9.17) is 16.3 Å². The minimum absolute atomic E-state index is 0.000569. The molecule has 0 unspecified atom stereocenters. The third-order valence-electron chi connectivity index (χ3n) is 4.25. The van der Waals surface area contributed by atoms with Gasteiger partial charge in [-0.1, -0.05) is 11.6 Å². The fraction of sp³-hybridized carbons (Fsp3) is 0.571. The van der Waals surface area contributed by atoms with Crippen LogP contribution in [0.15, 0.2) is 17.1 Å². The molecule has 0 radical (unpaired) electrons. The SMILES string of the molecule is O=C(c1c[nH]c(=O)c(Cl)c1)N1CCC2(CCCO2)CC1. The molecule has 1 aromatic rings. The van der Waals surface area contributed by atoms with Gasteiger partial charge >= 0.3 is 0 Å². The lowest BCUT2D eigenvalue weighted by Crippen LogP contribution is -2.46. The van der Waals surface area contributed by atoms with Gasteiger partial charge in [0, 0.05) is 25.9 Å². The number of aromatic nitrogens is 1. The predicted octanol–water partition coefficient (Wildman–Crippen LogP) is 1.81. The lowest BCUT2D eigenvalue weighted by atomic mass is 9.88. The van der Waals surface area contributed by atoms with Crippen LogP contribution in [0.2, 0.25) is 5.02 Å². The second-order valence-corrected chi connectivity index (χ2v) is 5.90. The van der Waals surface area contributed by atoms with E-state index in [1.807, 2.05) is 0 Å². The Morgan fingerprint density at radius 2 is 2.10 bits per heavy atom. The molecule has 0 saturated carbocycles. The van der Waals surface area contributed by atoms with Gasteiger partial charge in [0.15, 0.2) is 0 Å². The monoisotopic (exact) mass is 296 g/mol. The van der Waals surface area contributed by atoms with Crippen LogP contribution in [0.1, 0.15) is 36.0 Å². The van der Waals surface area contributed by atoms with Crippen molar-refractivity contribution in [2.24, 2.45) is 0 Å². The van der Waals surface area contributed by atoms with E-state index < -0.39 is 0 Å². The quantitative estimate of drug-likeness (QED) is 0.860. The molecule has 3 rings (SSSR count). The molecule has 5 nitrogen and oxygen atoms in total. The zero-order valence-corrected chi connectivity index (χ0v) is 11.9. The number of amides is 1. The molecule has 0 bridgehead atoms. The Balaban J connectivity index is 1.69. The van der Waals surface area contributed by atoms with E-state index in [-0.39, 0.29) is 22.1 Å². The number of ether oxygens (including phenoxy) is 1. The molecule has 3 heterocycles. The second-order valence-electron chi connectivity index (χ2n) is 5.49. The highest BCUT2D eigenvalue weighted by Crippen LogP contribution is 2.35. The molecule has 1 N–H and O–H groups in total. The first-order valence-corrected chi connectivity index (χ1v) is 7.29. The highest BCUT2D eigenvalue weighted by atomic mass is 35.5. The maximum atomic E-state index is 12.4. The van der Waals surface area contributed by atoms with E-state index in [0.717, 1.165) is 32.3 Å². The molecule has 0 aliphatic carbocycles. The molecule has 108 valence electrons. The summed E-state index contributed by atoms with van der Waals surface area (Å²) < 4.78 is 5.84. The lowest BCUT2D eigenvalue weighted by Gasteiger charge is -2.38. The molecule has 2 fully saturated rings. The average Bonchev–Trinajstić information content (AvgIpc) is 2.90. The van der Waals surface area contributed by atoms with Crippen molar-refractivity contribution in [2.75, 3.05) is 19.7 Å². The Morgan fingerprint density at radius 3 is 2.70 bits per heavy atom. The molecule has 2 aliphatic rings. The Labute approximate surface area is 121 Å². The number of H-pyrrole nitrogens is 1. The summed E-state index contributed by atoms with van der Waals surface area (Å²) >= 11 is 5.76. The molecule has 1 spiro atoms. The molecular weight excluding hydrogens is 280 g/mol. The number of hydrogen-bond acceptors (Lipinski definition) is 3. The van der Waals surface area contributed by atoms with Crippen LogP contribution < -0.4 is 5.56 Å². The van der Waals surface area contributed by atoms with Crippen molar-refractivity contribution in [3.63, 3.8) is 0 Å². The van der Waals surface area contributed by atoms with Crippen LogP contribution in [-0.2, 0) is 4.74 Å². The summed E-state index contributed by atoms with van der Waals surface area (Å²) in [5, 5.41) is 0.0449. The number of hydrogen-bond donors (Lipinski definition) is 1. The van der Waals surface area contributed by atoms with Crippen molar-refractivity contribution in [3.8, 4) is 0 Å². The molecule has 6 heteroatoms. The molecular formula is C14H17ClN2O3. The van der Waals surface area contributed by atoms with Crippen molar-refractivity contribution < 1.29 is 9.53 Å². The van der Waals surface area contributed by atoms with Crippen LogP contribution in [0, 0.1) is 0 Å². The number of carbonyl (C=O) groups is 1. The highest BCUT2D eigenvalue weighted by Gasteiger charge is 2.39. The zero-order chi connectivity index (χ0) is 14.2. The molecule has 1 amide bonds. The number of nitrogens with one attached hydrogen (secondary N) is 1. The minimum atomic E-state index is -0.375. The summed E-state index contributed by atoms with van der Waals surface area (Å²) in [6.45, 7) is 2.22. The van der Waals surface area contributed by atoms with Crippen LogP contribution in [-0.4, -0.2) is 41.1 Å². The maximum absolute atomic E-state index is 12.4. The maximum Gasteiger partial charge on any atom is 0.266 e. The minimum Gasteiger partial charge on any atom is -0.375 e. The number of halogens is 1. The van der Waals surface area contributed by atoms with Crippen molar-refractivity contribution in [2.45, 2.75) is 31.3 Å². The smallest absolute Gasteiger partial charge is 0.266 e. The van der Waals surface area contributed by atoms with E-state index in [1.54, 1.807) is 4.90 Å². The Kier molecular flexibility index (Phi) is 3.56. The van der Waals surface area contributed by atoms with E-state index >= 15 is 0 Å². The van der Waals surface area contributed by atoms with Gasteiger partial charge in [-0.15, -0.1) is 0 Å². The fourth-order valence-electron chi connectivity index (χ4n) is 3.03.